The summed E-state index contributed by atoms with van der Waals surface area (Å²) >= 11 is 1.43. The molecule has 168 valence electrons. The summed E-state index contributed by atoms with van der Waals surface area (Å²) in [6, 6.07) is 12.2. The summed E-state index contributed by atoms with van der Waals surface area (Å²) in [5.74, 6) is -0.361. The minimum atomic E-state index is -1.10. The summed E-state index contributed by atoms with van der Waals surface area (Å²) in [5.41, 5.74) is 3.04. The molecule has 0 aliphatic heterocycles. The number of rotatable bonds is 9. The first-order chi connectivity index (χ1) is 15.3. The Morgan fingerprint density at radius 1 is 1.12 bits per heavy atom. The van der Waals surface area contributed by atoms with Crippen molar-refractivity contribution < 1.29 is 23.8 Å². The fourth-order valence-electron chi connectivity index (χ4n) is 3.22. The Morgan fingerprint density at radius 3 is 2.53 bits per heavy atom. The van der Waals surface area contributed by atoms with Crippen LogP contribution in [0, 0.1) is 20.8 Å². The van der Waals surface area contributed by atoms with Crippen LogP contribution in [0.1, 0.15) is 22.3 Å². The van der Waals surface area contributed by atoms with Gasteiger partial charge in [-0.3, -0.25) is 4.79 Å². The molecule has 0 saturated heterocycles. The normalized spacial score (nSPS) is 11.8. The monoisotopic (exact) mass is 455 g/mol. The Kier molecular flexibility index (Phi) is 7.58. The first-order valence-corrected chi connectivity index (χ1v) is 11.2. The van der Waals surface area contributed by atoms with Gasteiger partial charge in [0.1, 0.15) is 17.4 Å². The minimum absolute atomic E-state index is 0.229. The van der Waals surface area contributed by atoms with Crippen molar-refractivity contribution in [2.24, 2.45) is 0 Å². The number of carboxylic acids is 1. The molecule has 0 radical (unpaired) electrons. The molecule has 0 spiro atoms. The third-order valence-electron chi connectivity index (χ3n) is 5.04. The quantitative estimate of drug-likeness (QED) is 0.475. The lowest BCUT2D eigenvalue weighted by Crippen LogP contribution is -2.44. The molecule has 3 aromatic rings. The molecule has 32 heavy (non-hydrogen) atoms. The fraction of sp³-hybridized carbons (Fsp3) is 0.292. The number of ether oxygens (including phenoxy) is 1. The highest BCUT2D eigenvalue weighted by molar-refractivity contribution is 7.98. The Balaban J connectivity index is 1.65. The molecule has 1 heterocycles. The van der Waals surface area contributed by atoms with Crippen LogP contribution in [-0.4, -0.2) is 35.4 Å². The van der Waals surface area contributed by atoms with E-state index in [0.717, 1.165) is 11.1 Å². The SMILES string of the molecule is Cc1cc(OCC(=O)N[C@@H](CSCc2ccccc2)C(=O)O)c2c(C)c(C)c(=O)oc2c1. The Labute approximate surface area is 189 Å². The van der Waals surface area contributed by atoms with Crippen molar-refractivity contribution in [3.63, 3.8) is 0 Å². The molecule has 1 aromatic heterocycles. The van der Waals surface area contributed by atoms with Gasteiger partial charge < -0.3 is 19.6 Å². The van der Waals surface area contributed by atoms with E-state index in [-0.39, 0.29) is 12.4 Å². The highest BCUT2D eigenvalue weighted by Crippen LogP contribution is 2.30. The number of fused-ring (bicyclic) bond motifs is 1. The van der Waals surface area contributed by atoms with Crippen LogP contribution < -0.4 is 15.7 Å². The van der Waals surface area contributed by atoms with Crippen LogP contribution in [0.25, 0.3) is 11.0 Å². The summed E-state index contributed by atoms with van der Waals surface area (Å²) in [7, 11) is 0. The first kappa shape index (κ1) is 23.4. The Morgan fingerprint density at radius 2 is 1.84 bits per heavy atom. The molecular weight excluding hydrogens is 430 g/mol. The second kappa shape index (κ2) is 10.4. The lowest BCUT2D eigenvalue weighted by molar-refractivity contribution is -0.141. The number of aryl methyl sites for hydroxylation is 2. The highest BCUT2D eigenvalue weighted by atomic mass is 32.2. The lowest BCUT2D eigenvalue weighted by atomic mass is 10.0. The van der Waals surface area contributed by atoms with Crippen LogP contribution in [0.15, 0.2) is 51.7 Å². The number of amides is 1. The molecule has 3 rings (SSSR count). The molecule has 0 bridgehead atoms. The van der Waals surface area contributed by atoms with E-state index in [1.165, 1.54) is 11.8 Å². The molecule has 0 saturated carbocycles. The molecular formula is C24H25NO6S. The minimum Gasteiger partial charge on any atom is -0.483 e. The molecule has 0 aliphatic carbocycles. The fourth-order valence-corrected chi connectivity index (χ4v) is 4.23. The van der Waals surface area contributed by atoms with E-state index in [4.69, 9.17) is 9.15 Å². The second-order valence-corrected chi connectivity index (χ2v) is 8.55. The summed E-state index contributed by atoms with van der Waals surface area (Å²) in [6.45, 7) is 4.93. The number of carbonyl (C=O) groups is 2. The summed E-state index contributed by atoms with van der Waals surface area (Å²) in [4.78, 5) is 36.0. The summed E-state index contributed by atoms with van der Waals surface area (Å²) < 4.78 is 11.1. The van der Waals surface area contributed by atoms with Crippen LogP contribution in [-0.2, 0) is 15.3 Å². The van der Waals surface area contributed by atoms with Crippen LogP contribution in [0.3, 0.4) is 0 Å². The van der Waals surface area contributed by atoms with Crippen molar-refractivity contribution in [1.29, 1.82) is 0 Å². The van der Waals surface area contributed by atoms with E-state index < -0.39 is 23.5 Å². The number of hydrogen-bond acceptors (Lipinski definition) is 6. The number of thioether (sulfide) groups is 1. The predicted molar refractivity (Wildman–Crippen MR) is 124 cm³/mol. The molecule has 2 N–H and O–H groups in total. The maximum atomic E-state index is 12.4. The standard InChI is InChI=1S/C24H25NO6S/c1-14-9-19(22-15(2)16(3)24(29)31-20(22)10-14)30-11-21(26)25-18(23(27)28)13-32-12-17-7-5-4-6-8-17/h4-10,18H,11-13H2,1-3H3,(H,25,26)(H,27,28)/t18-/m0/s1. The average molecular weight is 456 g/mol. The molecule has 1 atom stereocenters. The Bertz CT molecular complexity index is 1190. The average Bonchev–Trinajstić information content (AvgIpc) is 2.75. The number of carbonyl (C=O) groups excluding carboxylic acids is 1. The molecule has 0 fully saturated rings. The Hall–Kier alpha value is -3.26. The number of hydrogen-bond donors (Lipinski definition) is 2. The maximum Gasteiger partial charge on any atom is 0.339 e. The van der Waals surface area contributed by atoms with E-state index in [9.17, 15) is 19.5 Å². The third-order valence-corrected chi connectivity index (χ3v) is 6.15. The van der Waals surface area contributed by atoms with Gasteiger partial charge in [0.25, 0.3) is 5.91 Å². The van der Waals surface area contributed by atoms with Crippen LogP contribution >= 0.6 is 11.8 Å². The van der Waals surface area contributed by atoms with Gasteiger partial charge in [-0.15, -0.1) is 0 Å². The third kappa shape index (κ3) is 5.70. The number of benzene rings is 2. The number of aliphatic carboxylic acids is 1. The van der Waals surface area contributed by atoms with Crippen molar-refractivity contribution in [2.45, 2.75) is 32.6 Å². The zero-order valence-corrected chi connectivity index (χ0v) is 19.0. The van der Waals surface area contributed by atoms with E-state index >= 15 is 0 Å². The molecule has 0 unspecified atom stereocenters. The molecule has 1 amide bonds. The van der Waals surface area contributed by atoms with Crippen LogP contribution in [0.2, 0.25) is 0 Å². The van der Waals surface area contributed by atoms with Crippen molar-refractivity contribution in [3.8, 4) is 5.75 Å². The van der Waals surface area contributed by atoms with E-state index in [1.807, 2.05) is 37.3 Å². The largest absolute Gasteiger partial charge is 0.483 e. The smallest absolute Gasteiger partial charge is 0.339 e. The van der Waals surface area contributed by atoms with Gasteiger partial charge in [-0.2, -0.15) is 11.8 Å². The van der Waals surface area contributed by atoms with Crippen molar-refractivity contribution in [3.05, 3.63) is 75.1 Å². The first-order valence-electron chi connectivity index (χ1n) is 10.1. The highest BCUT2D eigenvalue weighted by Gasteiger charge is 2.21. The van der Waals surface area contributed by atoms with Gasteiger partial charge in [-0.25, -0.2) is 9.59 Å². The molecule has 2 aromatic carbocycles. The van der Waals surface area contributed by atoms with Crippen molar-refractivity contribution in [2.75, 3.05) is 12.4 Å². The van der Waals surface area contributed by atoms with Gasteiger partial charge in [0.2, 0.25) is 0 Å². The van der Waals surface area contributed by atoms with Gasteiger partial charge in [0.05, 0.1) is 5.39 Å². The lowest BCUT2D eigenvalue weighted by Gasteiger charge is -2.16. The molecule has 8 heteroatoms. The van der Waals surface area contributed by atoms with Crippen molar-refractivity contribution in [1.82, 2.24) is 5.32 Å². The van der Waals surface area contributed by atoms with E-state index in [1.54, 1.807) is 26.0 Å². The van der Waals surface area contributed by atoms with Crippen molar-refractivity contribution >= 4 is 34.6 Å². The van der Waals surface area contributed by atoms with E-state index in [0.29, 0.717) is 33.6 Å². The van der Waals surface area contributed by atoms with Crippen LogP contribution in [0.4, 0.5) is 0 Å². The van der Waals surface area contributed by atoms with Gasteiger partial charge in [-0.1, -0.05) is 30.3 Å². The summed E-state index contributed by atoms with van der Waals surface area (Å²) in [5, 5.41) is 12.6. The topological polar surface area (TPSA) is 106 Å². The number of carboxylic acid groups (broad SMARTS) is 1. The van der Waals surface area contributed by atoms with E-state index in [2.05, 4.69) is 5.32 Å². The molecule has 7 nitrogen and oxygen atoms in total. The zero-order chi connectivity index (χ0) is 23.3. The zero-order valence-electron chi connectivity index (χ0n) is 18.1. The summed E-state index contributed by atoms with van der Waals surface area (Å²) in [6.07, 6.45) is 0. The molecule has 0 aliphatic rings. The maximum absolute atomic E-state index is 12.4. The van der Waals surface area contributed by atoms with Gasteiger partial charge in [0, 0.05) is 17.1 Å². The van der Waals surface area contributed by atoms with Crippen LogP contribution in [0.5, 0.6) is 5.75 Å². The van der Waals surface area contributed by atoms with Gasteiger partial charge >= 0.3 is 11.6 Å². The number of nitrogens with one attached hydrogen (secondary N) is 1. The van der Waals surface area contributed by atoms with Gasteiger partial charge in [0.15, 0.2) is 6.61 Å². The van der Waals surface area contributed by atoms with Gasteiger partial charge in [-0.05, 0) is 49.6 Å². The predicted octanol–water partition coefficient (Wildman–Crippen LogP) is 3.60. The second-order valence-electron chi connectivity index (χ2n) is 7.52.